The van der Waals surface area contributed by atoms with Gasteiger partial charge in [0.2, 0.25) is 0 Å². The van der Waals surface area contributed by atoms with Crippen molar-refractivity contribution < 1.29 is 4.74 Å². The van der Waals surface area contributed by atoms with Crippen molar-refractivity contribution in [3.05, 3.63) is 12.2 Å². The standard InChI is InChI=1S/C19H34O/c1-3-4-5-6-16-7-11-18(12-8-16)19-13-9-17(10-14-19)15-20-2/h3-4,16-19H,5-15H2,1-2H3/b4-3+/t16-,17?,18-,19?. The Morgan fingerprint density at radius 1 is 0.850 bits per heavy atom. The highest BCUT2D eigenvalue weighted by atomic mass is 16.5. The molecule has 20 heavy (non-hydrogen) atoms. The average Bonchev–Trinajstić information content (AvgIpc) is 2.49. The van der Waals surface area contributed by atoms with Crippen LogP contribution >= 0.6 is 0 Å². The van der Waals surface area contributed by atoms with E-state index >= 15 is 0 Å². The van der Waals surface area contributed by atoms with Crippen LogP contribution in [0.4, 0.5) is 0 Å². The van der Waals surface area contributed by atoms with E-state index in [-0.39, 0.29) is 0 Å². The van der Waals surface area contributed by atoms with E-state index in [9.17, 15) is 0 Å². The fraction of sp³-hybridized carbons (Fsp3) is 0.895. The van der Waals surface area contributed by atoms with Gasteiger partial charge in [-0.25, -0.2) is 0 Å². The first kappa shape index (κ1) is 16.1. The van der Waals surface area contributed by atoms with Gasteiger partial charge in [-0.2, -0.15) is 0 Å². The molecule has 0 aromatic heterocycles. The Hall–Kier alpha value is -0.300. The van der Waals surface area contributed by atoms with E-state index in [1.165, 1.54) is 64.2 Å². The van der Waals surface area contributed by atoms with Gasteiger partial charge in [-0.3, -0.25) is 0 Å². The first-order valence-electron chi connectivity index (χ1n) is 8.93. The molecule has 0 aromatic rings. The lowest BCUT2D eigenvalue weighted by Crippen LogP contribution is -2.27. The third kappa shape index (κ3) is 4.91. The van der Waals surface area contributed by atoms with Gasteiger partial charge in [0.1, 0.15) is 0 Å². The third-order valence-corrected chi connectivity index (χ3v) is 5.83. The minimum atomic E-state index is 0.855. The molecule has 0 aromatic carbocycles. The van der Waals surface area contributed by atoms with E-state index in [0.29, 0.717) is 0 Å². The zero-order valence-electron chi connectivity index (χ0n) is 13.7. The zero-order valence-corrected chi connectivity index (χ0v) is 13.7. The summed E-state index contributed by atoms with van der Waals surface area (Å²) in [6.45, 7) is 3.13. The number of rotatable bonds is 6. The van der Waals surface area contributed by atoms with Gasteiger partial charge in [-0.1, -0.05) is 25.0 Å². The smallest absolute Gasteiger partial charge is 0.0490 e. The topological polar surface area (TPSA) is 9.23 Å². The summed E-state index contributed by atoms with van der Waals surface area (Å²) in [4.78, 5) is 0. The molecule has 2 fully saturated rings. The van der Waals surface area contributed by atoms with E-state index in [0.717, 1.165) is 30.3 Å². The van der Waals surface area contributed by atoms with Gasteiger partial charge in [-0.05, 0) is 82.0 Å². The van der Waals surface area contributed by atoms with Crippen molar-refractivity contribution in [1.82, 2.24) is 0 Å². The second-order valence-electron chi connectivity index (χ2n) is 7.16. The molecular weight excluding hydrogens is 244 g/mol. The summed E-state index contributed by atoms with van der Waals surface area (Å²) < 4.78 is 5.32. The molecule has 0 unspecified atom stereocenters. The van der Waals surface area contributed by atoms with Gasteiger partial charge < -0.3 is 4.74 Å². The van der Waals surface area contributed by atoms with Crippen molar-refractivity contribution in [3.8, 4) is 0 Å². The number of methoxy groups -OCH3 is 1. The van der Waals surface area contributed by atoms with Crippen molar-refractivity contribution in [1.29, 1.82) is 0 Å². The second kappa shape index (κ2) is 8.87. The highest BCUT2D eigenvalue weighted by Gasteiger charge is 2.30. The van der Waals surface area contributed by atoms with Crippen molar-refractivity contribution in [3.63, 3.8) is 0 Å². The first-order valence-corrected chi connectivity index (χ1v) is 8.93. The van der Waals surface area contributed by atoms with Crippen LogP contribution in [0.3, 0.4) is 0 Å². The van der Waals surface area contributed by atoms with Crippen LogP contribution in [0.5, 0.6) is 0 Å². The molecule has 0 amide bonds. The Labute approximate surface area is 126 Å². The second-order valence-corrected chi connectivity index (χ2v) is 7.16. The highest BCUT2D eigenvalue weighted by Crippen LogP contribution is 2.42. The predicted octanol–water partition coefficient (Wildman–Crippen LogP) is 5.60. The summed E-state index contributed by atoms with van der Waals surface area (Å²) in [5, 5.41) is 0. The van der Waals surface area contributed by atoms with Crippen LogP contribution in [0.25, 0.3) is 0 Å². The van der Waals surface area contributed by atoms with Crippen LogP contribution in [0, 0.1) is 23.7 Å². The van der Waals surface area contributed by atoms with Crippen LogP contribution in [0.15, 0.2) is 12.2 Å². The summed E-state index contributed by atoms with van der Waals surface area (Å²) >= 11 is 0. The lowest BCUT2D eigenvalue weighted by atomic mass is 9.69. The monoisotopic (exact) mass is 278 g/mol. The van der Waals surface area contributed by atoms with E-state index < -0.39 is 0 Å². The van der Waals surface area contributed by atoms with Crippen LogP contribution < -0.4 is 0 Å². The zero-order chi connectivity index (χ0) is 14.2. The summed E-state index contributed by atoms with van der Waals surface area (Å²) in [6, 6.07) is 0. The molecule has 2 aliphatic rings. The quantitative estimate of drug-likeness (QED) is 0.574. The molecule has 0 spiro atoms. The third-order valence-electron chi connectivity index (χ3n) is 5.83. The first-order chi connectivity index (χ1) is 9.83. The maximum absolute atomic E-state index is 5.32. The van der Waals surface area contributed by atoms with Gasteiger partial charge >= 0.3 is 0 Å². The lowest BCUT2D eigenvalue weighted by molar-refractivity contribution is 0.0928. The average molecular weight is 278 g/mol. The number of allylic oxidation sites excluding steroid dienone is 2. The Morgan fingerprint density at radius 3 is 1.90 bits per heavy atom. The lowest BCUT2D eigenvalue weighted by Gasteiger charge is -2.37. The minimum absolute atomic E-state index is 0.855. The molecule has 0 aliphatic heterocycles. The van der Waals surface area contributed by atoms with Crippen LogP contribution in [0.2, 0.25) is 0 Å². The molecule has 0 bridgehead atoms. The fourth-order valence-corrected chi connectivity index (χ4v) is 4.51. The summed E-state index contributed by atoms with van der Waals surface area (Å²) in [5.41, 5.74) is 0. The maximum atomic E-state index is 5.32. The molecule has 0 saturated heterocycles. The Balaban J connectivity index is 1.64. The predicted molar refractivity (Wildman–Crippen MR) is 86.8 cm³/mol. The van der Waals surface area contributed by atoms with Gasteiger partial charge in [0.05, 0.1) is 0 Å². The molecule has 116 valence electrons. The molecule has 0 heterocycles. The van der Waals surface area contributed by atoms with Gasteiger partial charge in [0.25, 0.3) is 0 Å². The maximum Gasteiger partial charge on any atom is 0.0490 e. The normalized spacial score (nSPS) is 35.5. The molecule has 2 saturated carbocycles. The van der Waals surface area contributed by atoms with Crippen molar-refractivity contribution in [2.24, 2.45) is 23.7 Å². The van der Waals surface area contributed by atoms with E-state index in [2.05, 4.69) is 19.1 Å². The van der Waals surface area contributed by atoms with E-state index in [4.69, 9.17) is 4.74 Å². The van der Waals surface area contributed by atoms with E-state index in [1.807, 2.05) is 7.11 Å². The fourth-order valence-electron chi connectivity index (χ4n) is 4.51. The molecule has 1 nitrogen and oxygen atoms in total. The number of hydrogen-bond acceptors (Lipinski definition) is 1. The Bertz CT molecular complexity index is 267. The minimum Gasteiger partial charge on any atom is -0.384 e. The van der Waals surface area contributed by atoms with Crippen molar-refractivity contribution >= 4 is 0 Å². The molecule has 0 N–H and O–H groups in total. The summed E-state index contributed by atoms with van der Waals surface area (Å²) in [6.07, 6.45) is 19.1. The Kier molecular flexibility index (Phi) is 7.13. The number of hydrogen-bond donors (Lipinski definition) is 0. The SMILES string of the molecule is C/C=C/CC[C@H]1CC[C@H](C2CCC(COC)CC2)CC1. The van der Waals surface area contributed by atoms with Crippen molar-refractivity contribution in [2.75, 3.05) is 13.7 Å². The molecule has 0 radical (unpaired) electrons. The van der Waals surface area contributed by atoms with Crippen LogP contribution in [0.1, 0.15) is 71.1 Å². The molecule has 0 atom stereocenters. The number of ether oxygens (including phenoxy) is 1. The molecule has 2 rings (SSSR count). The molecular formula is C19H34O. The summed E-state index contributed by atoms with van der Waals surface area (Å²) in [5.74, 6) is 3.97. The highest BCUT2D eigenvalue weighted by molar-refractivity contribution is 4.84. The van der Waals surface area contributed by atoms with Gasteiger partial charge in [0.15, 0.2) is 0 Å². The van der Waals surface area contributed by atoms with Gasteiger partial charge in [0, 0.05) is 13.7 Å². The largest absolute Gasteiger partial charge is 0.384 e. The van der Waals surface area contributed by atoms with E-state index in [1.54, 1.807) is 0 Å². The molecule has 1 heteroatoms. The van der Waals surface area contributed by atoms with Crippen LogP contribution in [-0.2, 0) is 4.74 Å². The summed E-state index contributed by atoms with van der Waals surface area (Å²) in [7, 11) is 1.85. The van der Waals surface area contributed by atoms with Gasteiger partial charge in [-0.15, -0.1) is 0 Å². The van der Waals surface area contributed by atoms with Crippen molar-refractivity contribution in [2.45, 2.75) is 71.1 Å². The molecule has 2 aliphatic carbocycles. The Morgan fingerprint density at radius 2 is 1.40 bits per heavy atom. The van der Waals surface area contributed by atoms with Crippen LogP contribution in [-0.4, -0.2) is 13.7 Å².